The first kappa shape index (κ1) is 11.0. The first-order valence-electron chi connectivity index (χ1n) is 5.29. The molecule has 2 nitrogen and oxygen atoms in total. The van der Waals surface area contributed by atoms with Crippen molar-refractivity contribution < 1.29 is 0 Å². The summed E-state index contributed by atoms with van der Waals surface area (Å²) in [6, 6.07) is 4.21. The SMILES string of the molecule is CC(C)CNc1cc(C(C)C)ccn1. The molecule has 78 valence electrons. The van der Waals surface area contributed by atoms with Crippen molar-refractivity contribution in [1.29, 1.82) is 0 Å². The van der Waals surface area contributed by atoms with Gasteiger partial charge in [-0.1, -0.05) is 27.7 Å². The molecule has 14 heavy (non-hydrogen) atoms. The second-order valence-corrected chi connectivity index (χ2v) is 4.40. The Morgan fingerprint density at radius 3 is 2.57 bits per heavy atom. The van der Waals surface area contributed by atoms with Crippen LogP contribution in [0.25, 0.3) is 0 Å². The van der Waals surface area contributed by atoms with Gasteiger partial charge in [0, 0.05) is 12.7 Å². The quantitative estimate of drug-likeness (QED) is 0.792. The second-order valence-electron chi connectivity index (χ2n) is 4.40. The van der Waals surface area contributed by atoms with E-state index in [2.05, 4.69) is 50.1 Å². The highest BCUT2D eigenvalue weighted by Gasteiger charge is 2.01. The third-order valence-corrected chi connectivity index (χ3v) is 2.14. The van der Waals surface area contributed by atoms with E-state index in [1.54, 1.807) is 0 Å². The molecule has 0 unspecified atom stereocenters. The number of anilines is 1. The van der Waals surface area contributed by atoms with Crippen LogP contribution in [-0.4, -0.2) is 11.5 Å². The number of hydrogen-bond acceptors (Lipinski definition) is 2. The van der Waals surface area contributed by atoms with Crippen LogP contribution >= 0.6 is 0 Å². The molecule has 0 aromatic carbocycles. The largest absolute Gasteiger partial charge is 0.370 e. The number of nitrogens with one attached hydrogen (secondary N) is 1. The van der Waals surface area contributed by atoms with Gasteiger partial charge in [0.15, 0.2) is 0 Å². The first-order chi connectivity index (χ1) is 6.59. The van der Waals surface area contributed by atoms with Gasteiger partial charge >= 0.3 is 0 Å². The molecule has 1 rings (SSSR count). The number of rotatable bonds is 4. The van der Waals surface area contributed by atoms with Crippen molar-refractivity contribution in [1.82, 2.24) is 4.98 Å². The van der Waals surface area contributed by atoms with E-state index in [0.717, 1.165) is 12.4 Å². The Hall–Kier alpha value is -1.05. The molecule has 0 atom stereocenters. The van der Waals surface area contributed by atoms with Crippen LogP contribution in [0.3, 0.4) is 0 Å². The second kappa shape index (κ2) is 4.99. The summed E-state index contributed by atoms with van der Waals surface area (Å²) in [6.07, 6.45) is 1.87. The molecule has 1 N–H and O–H groups in total. The number of pyridine rings is 1. The number of hydrogen-bond donors (Lipinski definition) is 1. The summed E-state index contributed by atoms with van der Waals surface area (Å²) in [7, 11) is 0. The average Bonchev–Trinajstić information content (AvgIpc) is 2.15. The Labute approximate surface area is 86.8 Å². The van der Waals surface area contributed by atoms with Gasteiger partial charge in [0.25, 0.3) is 0 Å². The van der Waals surface area contributed by atoms with Crippen molar-refractivity contribution in [3.05, 3.63) is 23.9 Å². The molecule has 0 saturated heterocycles. The topological polar surface area (TPSA) is 24.9 Å². The molecule has 0 aliphatic rings. The lowest BCUT2D eigenvalue weighted by Gasteiger charge is -2.10. The van der Waals surface area contributed by atoms with Gasteiger partial charge in [0.1, 0.15) is 5.82 Å². The van der Waals surface area contributed by atoms with Crippen LogP contribution in [-0.2, 0) is 0 Å². The van der Waals surface area contributed by atoms with Crippen LogP contribution in [0.4, 0.5) is 5.82 Å². The van der Waals surface area contributed by atoms with Crippen LogP contribution < -0.4 is 5.32 Å². The molecule has 0 aliphatic carbocycles. The Kier molecular flexibility index (Phi) is 3.93. The zero-order valence-electron chi connectivity index (χ0n) is 9.54. The normalized spacial score (nSPS) is 11.0. The van der Waals surface area contributed by atoms with Crippen molar-refractivity contribution in [3.63, 3.8) is 0 Å². The van der Waals surface area contributed by atoms with Gasteiger partial charge in [-0.3, -0.25) is 0 Å². The van der Waals surface area contributed by atoms with E-state index >= 15 is 0 Å². The third kappa shape index (κ3) is 3.36. The molecule has 1 heterocycles. The highest BCUT2D eigenvalue weighted by molar-refractivity contribution is 5.38. The summed E-state index contributed by atoms with van der Waals surface area (Å²) in [6.45, 7) is 9.76. The van der Waals surface area contributed by atoms with Crippen molar-refractivity contribution in [3.8, 4) is 0 Å². The van der Waals surface area contributed by atoms with Gasteiger partial charge in [-0.25, -0.2) is 4.98 Å². The maximum absolute atomic E-state index is 4.28. The van der Waals surface area contributed by atoms with E-state index in [4.69, 9.17) is 0 Å². The summed E-state index contributed by atoms with van der Waals surface area (Å²) >= 11 is 0. The minimum atomic E-state index is 0.567. The Balaban J connectivity index is 2.64. The van der Waals surface area contributed by atoms with Crippen LogP contribution in [0, 0.1) is 5.92 Å². The van der Waals surface area contributed by atoms with Crippen molar-refractivity contribution in [2.45, 2.75) is 33.6 Å². The van der Waals surface area contributed by atoms with E-state index in [1.165, 1.54) is 5.56 Å². The molecule has 0 fully saturated rings. The third-order valence-electron chi connectivity index (χ3n) is 2.14. The highest BCUT2D eigenvalue weighted by Crippen LogP contribution is 2.16. The fraction of sp³-hybridized carbons (Fsp3) is 0.583. The van der Waals surface area contributed by atoms with E-state index in [0.29, 0.717) is 11.8 Å². The van der Waals surface area contributed by atoms with E-state index in [-0.39, 0.29) is 0 Å². The van der Waals surface area contributed by atoms with Gasteiger partial charge < -0.3 is 5.32 Å². The van der Waals surface area contributed by atoms with Crippen molar-refractivity contribution in [2.24, 2.45) is 5.92 Å². The highest BCUT2D eigenvalue weighted by atomic mass is 15.0. The molecule has 1 aromatic heterocycles. The Morgan fingerprint density at radius 2 is 2.00 bits per heavy atom. The molecule has 0 spiro atoms. The van der Waals surface area contributed by atoms with E-state index in [9.17, 15) is 0 Å². The zero-order chi connectivity index (χ0) is 10.6. The van der Waals surface area contributed by atoms with Crippen LogP contribution in [0.15, 0.2) is 18.3 Å². The lowest BCUT2D eigenvalue weighted by atomic mass is 10.1. The molecule has 0 amide bonds. The average molecular weight is 192 g/mol. The molecular formula is C12H20N2. The fourth-order valence-corrected chi connectivity index (χ4v) is 1.21. The molecule has 0 saturated carbocycles. The monoisotopic (exact) mass is 192 g/mol. The molecule has 0 bridgehead atoms. The molecule has 0 aliphatic heterocycles. The summed E-state index contributed by atoms with van der Waals surface area (Å²) in [4.78, 5) is 4.28. The molecule has 0 radical (unpaired) electrons. The van der Waals surface area contributed by atoms with Gasteiger partial charge in [0.2, 0.25) is 0 Å². The minimum Gasteiger partial charge on any atom is -0.370 e. The van der Waals surface area contributed by atoms with Crippen LogP contribution in [0.5, 0.6) is 0 Å². The van der Waals surface area contributed by atoms with Crippen LogP contribution in [0.1, 0.15) is 39.2 Å². The lowest BCUT2D eigenvalue weighted by molar-refractivity contribution is 0.686. The van der Waals surface area contributed by atoms with Crippen LogP contribution in [0.2, 0.25) is 0 Å². The minimum absolute atomic E-state index is 0.567. The Morgan fingerprint density at radius 1 is 1.29 bits per heavy atom. The summed E-state index contributed by atoms with van der Waals surface area (Å²) in [5.74, 6) is 2.21. The van der Waals surface area contributed by atoms with Gasteiger partial charge in [-0.15, -0.1) is 0 Å². The van der Waals surface area contributed by atoms with E-state index < -0.39 is 0 Å². The van der Waals surface area contributed by atoms with Crippen molar-refractivity contribution >= 4 is 5.82 Å². The fourth-order valence-electron chi connectivity index (χ4n) is 1.21. The maximum atomic E-state index is 4.28. The van der Waals surface area contributed by atoms with Gasteiger partial charge in [-0.2, -0.15) is 0 Å². The number of aromatic nitrogens is 1. The summed E-state index contributed by atoms with van der Waals surface area (Å²) < 4.78 is 0. The molecular weight excluding hydrogens is 172 g/mol. The summed E-state index contributed by atoms with van der Waals surface area (Å²) in [5, 5.41) is 3.33. The zero-order valence-corrected chi connectivity index (χ0v) is 9.54. The molecule has 1 aromatic rings. The first-order valence-corrected chi connectivity index (χ1v) is 5.29. The smallest absolute Gasteiger partial charge is 0.126 e. The standard InChI is InChI=1S/C12H20N2/c1-9(2)8-14-12-7-11(10(3)4)5-6-13-12/h5-7,9-10H,8H2,1-4H3,(H,13,14). The van der Waals surface area contributed by atoms with Crippen molar-refractivity contribution in [2.75, 3.05) is 11.9 Å². The lowest BCUT2D eigenvalue weighted by Crippen LogP contribution is -2.09. The maximum Gasteiger partial charge on any atom is 0.126 e. The van der Waals surface area contributed by atoms with Gasteiger partial charge in [0.05, 0.1) is 0 Å². The predicted octanol–water partition coefficient (Wildman–Crippen LogP) is 3.27. The van der Waals surface area contributed by atoms with Gasteiger partial charge in [-0.05, 0) is 29.5 Å². The molecule has 2 heteroatoms. The Bertz CT molecular complexity index is 279. The number of nitrogens with zero attached hydrogens (tertiary/aromatic N) is 1. The predicted molar refractivity (Wildman–Crippen MR) is 61.7 cm³/mol. The van der Waals surface area contributed by atoms with E-state index in [1.807, 2.05) is 6.20 Å². The summed E-state index contributed by atoms with van der Waals surface area (Å²) in [5.41, 5.74) is 1.34.